The molecule has 2 N–H and O–H groups in total. The van der Waals surface area contributed by atoms with Gasteiger partial charge in [-0.2, -0.15) is 0 Å². The number of allylic oxidation sites excluding steroid dienone is 1. The van der Waals surface area contributed by atoms with Gasteiger partial charge in [-0.15, -0.1) is 0 Å². The van der Waals surface area contributed by atoms with Gasteiger partial charge in [0.05, 0.1) is 16.7 Å². The van der Waals surface area contributed by atoms with Crippen molar-refractivity contribution in [1.82, 2.24) is 14.5 Å². The third-order valence-electron chi connectivity index (χ3n) is 5.72. The Hall–Kier alpha value is -3.72. The Balaban J connectivity index is 1.84. The van der Waals surface area contributed by atoms with Crippen molar-refractivity contribution in [2.75, 3.05) is 13.1 Å². The molecule has 0 spiro atoms. The number of amides is 1. The highest BCUT2D eigenvalue weighted by Crippen LogP contribution is 2.25. The van der Waals surface area contributed by atoms with Crippen molar-refractivity contribution in [3.8, 4) is 11.6 Å². The number of H-pyrrole nitrogens is 1. The van der Waals surface area contributed by atoms with Gasteiger partial charge in [-0.3, -0.25) is 14.6 Å². The summed E-state index contributed by atoms with van der Waals surface area (Å²) in [6, 6.07) is 14.3. The Bertz CT molecular complexity index is 1530. The molecule has 0 saturated heterocycles. The van der Waals surface area contributed by atoms with Crippen LogP contribution >= 0.6 is 15.9 Å². The molecule has 0 saturated carbocycles. The molecule has 1 aromatic heterocycles. The standard InChI is InChI=1S/C25H23BrN4O4/c1-3-29(15(2)31)13-12-19-18-6-4-5-7-21(18)27-22(19)14-20-23(32)28-25(34)30(24(20)33)17-10-8-16(26)9-11-17/h4-11,14,33H,3,12-13H2,1-2H3,(H,28,32,34). The second kappa shape index (κ2) is 9.64. The van der Waals surface area contributed by atoms with E-state index in [2.05, 4.69) is 25.9 Å². The third kappa shape index (κ3) is 4.51. The molecule has 2 heterocycles. The minimum Gasteiger partial charge on any atom is -0.494 e. The van der Waals surface area contributed by atoms with Crippen molar-refractivity contribution in [2.24, 2.45) is 4.99 Å². The molecule has 1 amide bonds. The van der Waals surface area contributed by atoms with Gasteiger partial charge in [-0.05, 0) is 55.3 Å². The summed E-state index contributed by atoms with van der Waals surface area (Å²) < 4.78 is 1.85. The van der Waals surface area contributed by atoms with E-state index in [1.165, 1.54) is 13.0 Å². The van der Waals surface area contributed by atoms with Crippen LogP contribution in [0.4, 0.5) is 0 Å². The molecule has 9 heteroatoms. The Morgan fingerprint density at radius 2 is 1.88 bits per heavy atom. The van der Waals surface area contributed by atoms with E-state index in [1.807, 2.05) is 31.2 Å². The lowest BCUT2D eigenvalue weighted by atomic mass is 10.1. The molecule has 0 radical (unpaired) electrons. The van der Waals surface area contributed by atoms with Gasteiger partial charge < -0.3 is 10.0 Å². The summed E-state index contributed by atoms with van der Waals surface area (Å²) in [5.74, 6) is -0.500. The predicted molar refractivity (Wildman–Crippen MR) is 133 cm³/mol. The molecular formula is C25H23BrN4O4. The van der Waals surface area contributed by atoms with Gasteiger partial charge in [0.15, 0.2) is 0 Å². The molecule has 0 atom stereocenters. The first-order valence-corrected chi connectivity index (χ1v) is 11.6. The quantitative estimate of drug-likeness (QED) is 0.516. The van der Waals surface area contributed by atoms with E-state index in [1.54, 1.807) is 29.2 Å². The number of benzene rings is 2. The molecule has 0 bridgehead atoms. The zero-order chi connectivity index (χ0) is 24.4. The number of hydrogen-bond donors (Lipinski definition) is 2. The van der Waals surface area contributed by atoms with E-state index < -0.39 is 17.1 Å². The average molecular weight is 523 g/mol. The number of carbonyl (C=O) groups excluding carboxylic acids is 1. The number of aromatic nitrogens is 2. The van der Waals surface area contributed by atoms with E-state index in [0.717, 1.165) is 25.2 Å². The minimum atomic E-state index is -0.747. The molecule has 1 aliphatic heterocycles. The molecule has 0 unspecified atom stereocenters. The Morgan fingerprint density at radius 3 is 2.56 bits per heavy atom. The van der Waals surface area contributed by atoms with Crippen molar-refractivity contribution >= 4 is 33.5 Å². The Morgan fingerprint density at radius 1 is 1.18 bits per heavy atom. The normalized spacial score (nSPS) is 13.6. The minimum absolute atomic E-state index is 0.0208. The number of carbonyl (C=O) groups is 1. The Kier molecular flexibility index (Phi) is 6.65. The molecule has 3 aromatic rings. The number of hydrogen-bond acceptors (Lipinski definition) is 5. The maximum absolute atomic E-state index is 12.7. The van der Waals surface area contributed by atoms with Crippen LogP contribution in [0.1, 0.15) is 25.8 Å². The number of rotatable bonds is 6. The van der Waals surface area contributed by atoms with Crippen LogP contribution in [0, 0.1) is 0 Å². The number of fused-ring (bicyclic) bond motifs is 1. The highest BCUT2D eigenvalue weighted by atomic mass is 79.9. The van der Waals surface area contributed by atoms with Gasteiger partial charge in [-0.1, -0.05) is 34.1 Å². The number of halogens is 1. The number of nitrogens with one attached hydrogen (secondary N) is 1. The summed E-state index contributed by atoms with van der Waals surface area (Å²) in [6.07, 6.45) is 2.01. The van der Waals surface area contributed by atoms with E-state index in [4.69, 9.17) is 0 Å². The van der Waals surface area contributed by atoms with Crippen LogP contribution in [0.2, 0.25) is 0 Å². The topological polar surface area (TPSA) is 108 Å². The average Bonchev–Trinajstić information content (AvgIpc) is 3.15. The van der Waals surface area contributed by atoms with Crippen LogP contribution in [0.15, 0.2) is 73.3 Å². The summed E-state index contributed by atoms with van der Waals surface area (Å²) >= 11 is 3.34. The lowest BCUT2D eigenvalue weighted by Crippen LogP contribution is -2.31. The van der Waals surface area contributed by atoms with Gasteiger partial charge >= 0.3 is 5.69 Å². The first-order chi connectivity index (χ1) is 16.3. The molecule has 174 valence electrons. The lowest BCUT2D eigenvalue weighted by Gasteiger charge is -2.19. The smallest absolute Gasteiger partial charge is 0.335 e. The number of para-hydroxylation sites is 1. The number of nitrogens with zero attached hydrogens (tertiary/aromatic N) is 3. The molecule has 8 nitrogen and oxygen atoms in total. The van der Waals surface area contributed by atoms with E-state index in [0.29, 0.717) is 30.9 Å². The summed E-state index contributed by atoms with van der Waals surface area (Å²) in [5.41, 5.74) is 0.219. The molecular weight excluding hydrogens is 500 g/mol. The number of aromatic amines is 1. The first kappa shape index (κ1) is 23.4. The fraction of sp³-hybridized carbons (Fsp3) is 0.200. The zero-order valence-electron chi connectivity index (χ0n) is 18.7. The lowest BCUT2D eigenvalue weighted by molar-refractivity contribution is -0.128. The Labute approximate surface area is 203 Å². The zero-order valence-corrected chi connectivity index (χ0v) is 20.3. The predicted octanol–water partition coefficient (Wildman–Crippen LogP) is 2.08. The van der Waals surface area contributed by atoms with Crippen molar-refractivity contribution < 1.29 is 9.90 Å². The van der Waals surface area contributed by atoms with Crippen molar-refractivity contribution in [3.63, 3.8) is 0 Å². The summed E-state index contributed by atoms with van der Waals surface area (Å²) in [7, 11) is 0. The fourth-order valence-electron chi connectivity index (χ4n) is 3.96. The van der Waals surface area contributed by atoms with Gasteiger partial charge in [0.1, 0.15) is 5.56 Å². The van der Waals surface area contributed by atoms with Crippen LogP contribution in [0.25, 0.3) is 17.3 Å². The highest BCUT2D eigenvalue weighted by Gasteiger charge is 2.19. The molecule has 1 aliphatic rings. The maximum atomic E-state index is 12.7. The van der Waals surface area contributed by atoms with Crippen LogP contribution in [0.5, 0.6) is 5.88 Å². The van der Waals surface area contributed by atoms with Crippen LogP contribution in [-0.4, -0.2) is 38.6 Å². The SMILES string of the molecule is CCN(CCC1=c2ccccc2=NC1=Cc1c(O)n(-c2ccc(Br)cc2)c(=O)[nH]c1=O)C(C)=O. The maximum Gasteiger partial charge on any atom is 0.335 e. The van der Waals surface area contributed by atoms with Crippen molar-refractivity contribution in [1.29, 1.82) is 0 Å². The molecule has 34 heavy (non-hydrogen) atoms. The van der Waals surface area contributed by atoms with Crippen molar-refractivity contribution in [2.45, 2.75) is 20.3 Å². The summed E-state index contributed by atoms with van der Waals surface area (Å²) in [5, 5.41) is 12.6. The van der Waals surface area contributed by atoms with Gasteiger partial charge in [0, 0.05) is 29.7 Å². The van der Waals surface area contributed by atoms with Gasteiger partial charge in [0.25, 0.3) is 5.56 Å². The third-order valence-corrected chi connectivity index (χ3v) is 6.25. The van der Waals surface area contributed by atoms with Crippen LogP contribution in [-0.2, 0) is 4.79 Å². The van der Waals surface area contributed by atoms with Crippen LogP contribution < -0.4 is 21.8 Å². The molecule has 0 aliphatic carbocycles. The molecule has 2 aromatic carbocycles. The second-order valence-corrected chi connectivity index (χ2v) is 8.71. The van der Waals surface area contributed by atoms with Crippen LogP contribution in [0.3, 0.4) is 0 Å². The van der Waals surface area contributed by atoms with E-state index in [9.17, 15) is 19.5 Å². The van der Waals surface area contributed by atoms with Gasteiger partial charge in [-0.25, -0.2) is 14.4 Å². The molecule has 4 rings (SSSR count). The summed E-state index contributed by atoms with van der Waals surface area (Å²) in [4.78, 5) is 45.7. The monoisotopic (exact) mass is 522 g/mol. The fourth-order valence-corrected chi connectivity index (χ4v) is 4.23. The number of aromatic hydroxyl groups is 1. The van der Waals surface area contributed by atoms with E-state index >= 15 is 0 Å². The largest absolute Gasteiger partial charge is 0.494 e. The highest BCUT2D eigenvalue weighted by molar-refractivity contribution is 9.10. The van der Waals surface area contributed by atoms with Crippen molar-refractivity contribution in [3.05, 3.63) is 95.7 Å². The second-order valence-electron chi connectivity index (χ2n) is 7.79. The molecule has 0 fully saturated rings. The van der Waals surface area contributed by atoms with Gasteiger partial charge in [0.2, 0.25) is 11.8 Å². The van der Waals surface area contributed by atoms with E-state index in [-0.39, 0.29) is 11.5 Å². The first-order valence-electron chi connectivity index (χ1n) is 10.8. The summed E-state index contributed by atoms with van der Waals surface area (Å²) in [6.45, 7) is 4.52.